The first kappa shape index (κ1) is 24.2. The number of hydrogen-bond acceptors (Lipinski definition) is 5. The van der Waals surface area contributed by atoms with Gasteiger partial charge in [0.1, 0.15) is 16.7 Å². The smallest absolute Gasteiger partial charge is 0.267 e. The zero-order chi connectivity index (χ0) is 23.8. The Kier molecular flexibility index (Phi) is 6.94. The van der Waals surface area contributed by atoms with Crippen molar-refractivity contribution in [2.24, 2.45) is 0 Å². The summed E-state index contributed by atoms with van der Waals surface area (Å²) in [6.07, 6.45) is 1.90. The molecule has 0 saturated carbocycles. The van der Waals surface area contributed by atoms with E-state index in [0.29, 0.717) is 22.9 Å². The van der Waals surface area contributed by atoms with Crippen molar-refractivity contribution in [2.45, 2.75) is 6.92 Å². The number of aryl methyl sites for hydroxylation is 1. The average Bonchev–Trinajstić information content (AvgIpc) is 2.65. The molecule has 3 rings (SSSR count). The fourth-order valence-electron chi connectivity index (χ4n) is 2.73. The number of hydrogen-bond donors (Lipinski definition) is 1. The van der Waals surface area contributed by atoms with Gasteiger partial charge in [-0.1, -0.05) is 34.8 Å². The fourth-order valence-corrected chi connectivity index (χ4v) is 4.01. The highest BCUT2D eigenvalue weighted by molar-refractivity contribution is 7.89. The zero-order valence-electron chi connectivity index (χ0n) is 16.3. The van der Waals surface area contributed by atoms with Crippen molar-refractivity contribution >= 4 is 50.7 Å². The van der Waals surface area contributed by atoms with Crippen LogP contribution in [0.2, 0.25) is 15.1 Å². The molecule has 1 aromatic heterocycles. The van der Waals surface area contributed by atoms with Gasteiger partial charge in [0.15, 0.2) is 5.75 Å². The summed E-state index contributed by atoms with van der Waals surface area (Å²) < 4.78 is 58.6. The minimum atomic E-state index is -3.96. The SMILES string of the molecule is Cc1cc(Cl)cc(Cl)c1Oc1ncc(-c2cc(F)c(C(=O)NS(C)(=O)=O)cc2F)cc1Cl. The predicted octanol–water partition coefficient (Wildman–Crippen LogP) is 5.78. The summed E-state index contributed by atoms with van der Waals surface area (Å²) in [5.41, 5.74) is -0.308. The van der Waals surface area contributed by atoms with E-state index in [1.807, 2.05) is 0 Å². The van der Waals surface area contributed by atoms with Crippen LogP contribution in [0, 0.1) is 18.6 Å². The second kappa shape index (κ2) is 9.19. The Labute approximate surface area is 197 Å². The second-order valence-corrected chi connectivity index (χ2v) is 9.66. The Balaban J connectivity index is 1.94. The number of nitrogens with zero attached hydrogens (tertiary/aromatic N) is 1. The number of carbonyl (C=O) groups excluding carboxylic acids is 1. The number of nitrogens with one attached hydrogen (secondary N) is 1. The molecule has 0 unspecified atom stereocenters. The molecule has 0 atom stereocenters. The lowest BCUT2D eigenvalue weighted by Crippen LogP contribution is -2.30. The van der Waals surface area contributed by atoms with E-state index in [0.717, 1.165) is 6.07 Å². The molecule has 6 nitrogen and oxygen atoms in total. The number of ether oxygens (including phenoxy) is 1. The van der Waals surface area contributed by atoms with E-state index < -0.39 is 33.1 Å². The van der Waals surface area contributed by atoms with Crippen LogP contribution in [0.5, 0.6) is 11.6 Å². The highest BCUT2D eigenvalue weighted by Crippen LogP contribution is 2.38. The summed E-state index contributed by atoms with van der Waals surface area (Å²) >= 11 is 18.3. The summed E-state index contributed by atoms with van der Waals surface area (Å²) in [6, 6.07) is 5.72. The standard InChI is InChI=1S/C20H13Cl3F2N2O4S/c1-9-3-11(21)5-14(22)18(9)31-20-15(23)4-10(8-26-20)12-6-17(25)13(7-16(12)24)19(28)27-32(2,29)30/h3-8H,1-2H3,(H,27,28). The minimum Gasteiger partial charge on any atom is -0.436 e. The summed E-state index contributed by atoms with van der Waals surface area (Å²) in [4.78, 5) is 15.9. The number of sulfonamides is 1. The topological polar surface area (TPSA) is 85.4 Å². The van der Waals surface area contributed by atoms with Crippen molar-refractivity contribution in [3.05, 3.63) is 74.4 Å². The molecule has 0 bridgehead atoms. The molecule has 0 fully saturated rings. The summed E-state index contributed by atoms with van der Waals surface area (Å²) in [6.45, 7) is 1.72. The van der Waals surface area contributed by atoms with E-state index in [1.165, 1.54) is 18.3 Å². The van der Waals surface area contributed by atoms with Gasteiger partial charge in [0.2, 0.25) is 15.9 Å². The van der Waals surface area contributed by atoms with Crippen molar-refractivity contribution in [2.75, 3.05) is 6.26 Å². The molecule has 0 radical (unpaired) electrons. The summed E-state index contributed by atoms with van der Waals surface area (Å²) in [5, 5.41) is 0.625. The molecular formula is C20H13Cl3F2N2O4S. The van der Waals surface area contributed by atoms with Gasteiger partial charge in [0.25, 0.3) is 5.91 Å². The number of amides is 1. The van der Waals surface area contributed by atoms with Crippen molar-refractivity contribution < 1.29 is 26.7 Å². The van der Waals surface area contributed by atoms with Gasteiger partial charge in [-0.3, -0.25) is 4.79 Å². The van der Waals surface area contributed by atoms with Crippen LogP contribution in [0.15, 0.2) is 36.5 Å². The normalized spacial score (nSPS) is 11.3. The van der Waals surface area contributed by atoms with Crippen molar-refractivity contribution in [1.82, 2.24) is 9.71 Å². The number of benzene rings is 2. The molecule has 2 aromatic carbocycles. The molecule has 0 saturated heterocycles. The molecular weight excluding hydrogens is 509 g/mol. The largest absolute Gasteiger partial charge is 0.436 e. The maximum atomic E-state index is 14.6. The summed E-state index contributed by atoms with van der Waals surface area (Å²) in [5.74, 6) is -3.19. The minimum absolute atomic E-state index is 0.0216. The Bertz CT molecular complexity index is 1330. The van der Waals surface area contributed by atoms with Gasteiger partial charge in [0, 0.05) is 22.3 Å². The number of halogens is 5. The highest BCUT2D eigenvalue weighted by atomic mass is 35.5. The highest BCUT2D eigenvalue weighted by Gasteiger charge is 2.20. The average molecular weight is 522 g/mol. The third-order valence-corrected chi connectivity index (χ3v) is 5.42. The van der Waals surface area contributed by atoms with Gasteiger partial charge < -0.3 is 4.74 Å². The van der Waals surface area contributed by atoms with Gasteiger partial charge in [0.05, 0.1) is 16.8 Å². The van der Waals surface area contributed by atoms with Crippen LogP contribution in [0.4, 0.5) is 8.78 Å². The Morgan fingerprint density at radius 1 is 1.03 bits per heavy atom. The molecule has 12 heteroatoms. The molecule has 0 spiro atoms. The monoisotopic (exact) mass is 520 g/mol. The van der Waals surface area contributed by atoms with Crippen molar-refractivity contribution in [3.63, 3.8) is 0 Å². The molecule has 1 amide bonds. The van der Waals surface area contributed by atoms with E-state index in [1.54, 1.807) is 17.7 Å². The van der Waals surface area contributed by atoms with Crippen LogP contribution < -0.4 is 9.46 Å². The fraction of sp³-hybridized carbons (Fsp3) is 0.100. The molecule has 3 aromatic rings. The van der Waals surface area contributed by atoms with E-state index in [4.69, 9.17) is 39.5 Å². The summed E-state index contributed by atoms with van der Waals surface area (Å²) in [7, 11) is -3.96. The van der Waals surface area contributed by atoms with Crippen LogP contribution in [0.25, 0.3) is 11.1 Å². The Morgan fingerprint density at radius 2 is 1.72 bits per heavy atom. The molecule has 168 valence electrons. The van der Waals surface area contributed by atoms with Crippen molar-refractivity contribution in [1.29, 1.82) is 0 Å². The number of carbonyl (C=O) groups is 1. The molecule has 1 N–H and O–H groups in total. The first-order valence-corrected chi connectivity index (χ1v) is 11.7. The first-order chi connectivity index (χ1) is 14.9. The Hall–Kier alpha value is -2.46. The Morgan fingerprint density at radius 3 is 2.31 bits per heavy atom. The maximum Gasteiger partial charge on any atom is 0.267 e. The molecule has 0 aliphatic heterocycles. The van der Waals surface area contributed by atoms with E-state index >= 15 is 0 Å². The second-order valence-electron chi connectivity index (χ2n) is 6.66. The molecule has 0 aliphatic rings. The quantitative estimate of drug-likeness (QED) is 0.460. The third kappa shape index (κ3) is 5.47. The molecule has 0 aliphatic carbocycles. The molecule has 32 heavy (non-hydrogen) atoms. The van der Waals surface area contributed by atoms with Gasteiger partial charge in [-0.15, -0.1) is 0 Å². The number of rotatable bonds is 5. The van der Waals surface area contributed by atoms with Gasteiger partial charge in [-0.2, -0.15) is 0 Å². The van der Waals surface area contributed by atoms with E-state index in [2.05, 4.69) is 4.98 Å². The maximum absolute atomic E-state index is 14.6. The number of aromatic nitrogens is 1. The van der Waals surface area contributed by atoms with E-state index in [-0.39, 0.29) is 32.8 Å². The van der Waals surface area contributed by atoms with Gasteiger partial charge in [-0.25, -0.2) is 26.9 Å². The van der Waals surface area contributed by atoms with Crippen LogP contribution in [-0.2, 0) is 10.0 Å². The predicted molar refractivity (Wildman–Crippen MR) is 118 cm³/mol. The zero-order valence-corrected chi connectivity index (χ0v) is 19.4. The van der Waals surface area contributed by atoms with Gasteiger partial charge in [-0.05, 0) is 42.8 Å². The number of pyridine rings is 1. The third-order valence-electron chi connectivity index (χ3n) is 4.09. The lowest BCUT2D eigenvalue weighted by atomic mass is 10.0. The van der Waals surface area contributed by atoms with Gasteiger partial charge >= 0.3 is 0 Å². The lowest BCUT2D eigenvalue weighted by Gasteiger charge is -2.13. The van der Waals surface area contributed by atoms with Crippen LogP contribution in [0.1, 0.15) is 15.9 Å². The molecule has 1 heterocycles. The lowest BCUT2D eigenvalue weighted by molar-refractivity contribution is 0.0977. The van der Waals surface area contributed by atoms with Crippen LogP contribution in [-0.4, -0.2) is 25.6 Å². The van der Waals surface area contributed by atoms with Crippen LogP contribution >= 0.6 is 34.8 Å². The van der Waals surface area contributed by atoms with E-state index in [9.17, 15) is 22.0 Å². The first-order valence-electron chi connectivity index (χ1n) is 8.66. The van der Waals surface area contributed by atoms with Crippen LogP contribution in [0.3, 0.4) is 0 Å². The van der Waals surface area contributed by atoms with Crippen molar-refractivity contribution in [3.8, 4) is 22.8 Å².